The molecule has 0 saturated heterocycles. The van der Waals surface area contributed by atoms with E-state index in [-0.39, 0.29) is 23.0 Å². The zero-order valence-corrected chi connectivity index (χ0v) is 24.6. The molecule has 3 aromatic rings. The van der Waals surface area contributed by atoms with Gasteiger partial charge in [-0.2, -0.15) is 0 Å². The van der Waals surface area contributed by atoms with Crippen LogP contribution in [0.25, 0.3) is 22.2 Å². The second-order valence-corrected chi connectivity index (χ2v) is 13.3. The Morgan fingerprint density at radius 2 is 1.90 bits per heavy atom. The van der Waals surface area contributed by atoms with Crippen molar-refractivity contribution in [2.24, 2.45) is 5.41 Å². The van der Waals surface area contributed by atoms with Gasteiger partial charge in [-0.1, -0.05) is 32.3 Å². The molecule has 2 saturated carbocycles. The van der Waals surface area contributed by atoms with Crippen molar-refractivity contribution in [1.82, 2.24) is 9.29 Å². The molecule has 1 aromatic heterocycles. The topological polar surface area (TPSA) is 86.6 Å². The first-order chi connectivity index (χ1) is 19.3. The number of esters is 1. The van der Waals surface area contributed by atoms with Crippen molar-refractivity contribution < 1.29 is 23.3 Å². The molecule has 0 bridgehead atoms. The van der Waals surface area contributed by atoms with Crippen LogP contribution in [0.3, 0.4) is 0 Å². The van der Waals surface area contributed by atoms with Crippen molar-refractivity contribution in [3.63, 3.8) is 0 Å². The van der Waals surface area contributed by atoms with Gasteiger partial charge in [0.1, 0.15) is 16.7 Å². The van der Waals surface area contributed by atoms with Crippen LogP contribution in [0.15, 0.2) is 36.4 Å². The number of carbonyl (C=O) groups is 2. The number of aromatic nitrogens is 1. The molecular formula is C32H38N2O5S. The molecular weight excluding hydrogens is 524 g/mol. The largest absolute Gasteiger partial charge is 0.497 e. The first-order valence-corrected chi connectivity index (χ1v) is 15.7. The molecule has 2 aromatic carbocycles. The molecule has 2 aliphatic carbocycles. The summed E-state index contributed by atoms with van der Waals surface area (Å²) >= 11 is 0. The van der Waals surface area contributed by atoms with E-state index in [1.807, 2.05) is 32.0 Å². The fraction of sp³-hybridized carbons (Fsp3) is 0.500. The normalized spacial score (nSPS) is 23.2. The predicted molar refractivity (Wildman–Crippen MR) is 157 cm³/mol. The molecule has 1 aliphatic heterocycles. The van der Waals surface area contributed by atoms with E-state index in [1.54, 1.807) is 7.11 Å². The molecule has 40 heavy (non-hydrogen) atoms. The highest BCUT2D eigenvalue weighted by Gasteiger charge is 2.63. The Kier molecular flexibility index (Phi) is 7.01. The lowest BCUT2D eigenvalue weighted by atomic mass is 9.81. The number of fused-ring (bicyclic) bond motifs is 7. The van der Waals surface area contributed by atoms with Crippen LogP contribution in [0.4, 0.5) is 0 Å². The van der Waals surface area contributed by atoms with Crippen LogP contribution in [-0.4, -0.2) is 40.1 Å². The van der Waals surface area contributed by atoms with E-state index in [4.69, 9.17) is 9.47 Å². The molecule has 2 fully saturated rings. The highest BCUT2D eigenvalue weighted by Crippen LogP contribution is 2.66. The number of nitrogens with zero attached hydrogens (tertiary/aromatic N) is 1. The third-order valence-electron chi connectivity index (χ3n) is 9.51. The molecule has 7 nitrogen and oxygen atoms in total. The lowest BCUT2D eigenvalue weighted by molar-refractivity contribution is -0.147. The lowest BCUT2D eigenvalue weighted by Crippen LogP contribution is -2.31. The van der Waals surface area contributed by atoms with Crippen LogP contribution in [0.5, 0.6) is 5.75 Å². The summed E-state index contributed by atoms with van der Waals surface area (Å²) in [6, 6.07) is 12.1. The summed E-state index contributed by atoms with van der Waals surface area (Å²) in [6.45, 7) is 4.32. The fourth-order valence-electron chi connectivity index (χ4n) is 7.01. The maximum absolute atomic E-state index is 13.3. The smallest absolute Gasteiger partial charge is 0.314 e. The van der Waals surface area contributed by atoms with Crippen molar-refractivity contribution in [1.29, 1.82) is 0 Å². The maximum Gasteiger partial charge on any atom is 0.314 e. The fourth-order valence-corrected chi connectivity index (χ4v) is 7.82. The summed E-state index contributed by atoms with van der Waals surface area (Å²) in [5.74, 6) is 0.688. The quantitative estimate of drug-likeness (QED) is 0.346. The van der Waals surface area contributed by atoms with E-state index in [2.05, 4.69) is 27.5 Å². The average molecular weight is 563 g/mol. The van der Waals surface area contributed by atoms with Crippen LogP contribution in [0.1, 0.15) is 92.1 Å². The van der Waals surface area contributed by atoms with E-state index >= 15 is 0 Å². The van der Waals surface area contributed by atoms with E-state index < -0.39 is 16.4 Å². The van der Waals surface area contributed by atoms with E-state index in [0.29, 0.717) is 30.9 Å². The first kappa shape index (κ1) is 27.1. The molecule has 6 rings (SSSR count). The van der Waals surface area contributed by atoms with Crippen molar-refractivity contribution >= 4 is 33.8 Å². The zero-order chi connectivity index (χ0) is 28.2. The minimum absolute atomic E-state index is 0.0450. The standard InChI is InChI=1S/C32H38N2O5S/c1-5-19(2)40(37)33-30(35)21-11-13-24-27(15-21)34-18-32(31(36)39-4)17-26(32)25-16-22(38-3)12-14-23(25)29(34)28(24)20-9-7-6-8-10-20/h11-16,19-20,26H,5-10,17-18H2,1-4H3,(H,33,35). The third kappa shape index (κ3) is 4.26. The molecule has 4 atom stereocenters. The van der Waals surface area contributed by atoms with Crippen molar-refractivity contribution in [3.8, 4) is 17.0 Å². The van der Waals surface area contributed by atoms with Gasteiger partial charge in [-0.25, -0.2) is 4.21 Å². The Bertz CT molecular complexity index is 1520. The van der Waals surface area contributed by atoms with Gasteiger partial charge >= 0.3 is 5.97 Å². The van der Waals surface area contributed by atoms with Gasteiger partial charge in [-0.3, -0.25) is 14.3 Å². The first-order valence-electron chi connectivity index (χ1n) is 14.5. The lowest BCUT2D eigenvalue weighted by Gasteiger charge is -2.24. The number of methoxy groups -OCH3 is 2. The summed E-state index contributed by atoms with van der Waals surface area (Å²) in [5.41, 5.74) is 5.48. The predicted octanol–water partition coefficient (Wildman–Crippen LogP) is 6.22. The molecule has 2 heterocycles. The number of hydrogen-bond donors (Lipinski definition) is 1. The zero-order valence-electron chi connectivity index (χ0n) is 23.7. The number of rotatable bonds is 7. The number of hydrogen-bond acceptors (Lipinski definition) is 5. The van der Waals surface area contributed by atoms with Gasteiger partial charge in [0.05, 0.1) is 30.6 Å². The SMILES string of the molecule is CCC(C)S(=O)NC(=O)c1ccc2c(C3CCCCC3)c3n(c2c1)CC1(C(=O)OC)CC1c1cc(OC)ccc1-3. The molecule has 0 radical (unpaired) electrons. The number of ether oxygens (including phenoxy) is 2. The maximum atomic E-state index is 13.3. The van der Waals surface area contributed by atoms with Crippen LogP contribution in [0, 0.1) is 5.41 Å². The van der Waals surface area contributed by atoms with Gasteiger partial charge < -0.3 is 14.0 Å². The second-order valence-electron chi connectivity index (χ2n) is 11.7. The Morgan fingerprint density at radius 1 is 1.12 bits per heavy atom. The number of benzene rings is 2. The summed E-state index contributed by atoms with van der Waals surface area (Å²) in [7, 11) is 1.68. The monoisotopic (exact) mass is 562 g/mol. The highest BCUT2D eigenvalue weighted by atomic mass is 32.2. The van der Waals surface area contributed by atoms with Crippen LogP contribution < -0.4 is 9.46 Å². The summed E-state index contributed by atoms with van der Waals surface area (Å²) < 4.78 is 28.6. The molecule has 8 heteroatoms. The summed E-state index contributed by atoms with van der Waals surface area (Å²) in [6.07, 6.45) is 7.32. The van der Waals surface area contributed by atoms with Gasteiger partial charge in [0.2, 0.25) is 0 Å². The average Bonchev–Trinajstić information content (AvgIpc) is 3.66. The van der Waals surface area contributed by atoms with E-state index in [9.17, 15) is 13.8 Å². The van der Waals surface area contributed by atoms with Crippen molar-refractivity contribution in [2.45, 2.75) is 82.4 Å². The molecule has 1 amide bonds. The molecule has 4 unspecified atom stereocenters. The van der Waals surface area contributed by atoms with E-state index in [0.717, 1.165) is 46.3 Å². The Morgan fingerprint density at radius 3 is 2.60 bits per heavy atom. The van der Waals surface area contributed by atoms with Crippen molar-refractivity contribution in [3.05, 3.63) is 53.1 Å². The van der Waals surface area contributed by atoms with Crippen LogP contribution >= 0.6 is 0 Å². The summed E-state index contributed by atoms with van der Waals surface area (Å²) in [5, 5.41) is 0.998. The minimum atomic E-state index is -1.46. The number of amides is 1. The number of nitrogens with one attached hydrogen (secondary N) is 1. The molecule has 3 aliphatic rings. The van der Waals surface area contributed by atoms with Gasteiger partial charge in [-0.05, 0) is 80.0 Å². The third-order valence-corrected chi connectivity index (χ3v) is 11.0. The Balaban J connectivity index is 1.58. The summed E-state index contributed by atoms with van der Waals surface area (Å²) in [4.78, 5) is 26.5. The highest BCUT2D eigenvalue weighted by molar-refractivity contribution is 7.84. The number of carbonyl (C=O) groups excluding carboxylic acids is 2. The van der Waals surface area contributed by atoms with Gasteiger partial charge in [0.25, 0.3) is 5.91 Å². The second kappa shape index (κ2) is 10.4. The van der Waals surface area contributed by atoms with Crippen molar-refractivity contribution in [2.75, 3.05) is 14.2 Å². The minimum Gasteiger partial charge on any atom is -0.497 e. The molecule has 212 valence electrons. The molecule has 1 N–H and O–H groups in total. The van der Waals surface area contributed by atoms with E-state index in [1.165, 1.54) is 31.9 Å². The van der Waals surface area contributed by atoms with Crippen LogP contribution in [-0.2, 0) is 27.1 Å². The Hall–Kier alpha value is -3.13. The van der Waals surface area contributed by atoms with Gasteiger partial charge in [-0.15, -0.1) is 0 Å². The van der Waals surface area contributed by atoms with Crippen LogP contribution in [0.2, 0.25) is 0 Å². The molecule has 0 spiro atoms. The van der Waals surface area contributed by atoms with Gasteiger partial charge in [0.15, 0.2) is 0 Å². The van der Waals surface area contributed by atoms with Gasteiger partial charge in [0, 0.05) is 34.5 Å². The Labute approximate surface area is 238 Å².